The van der Waals surface area contributed by atoms with Gasteiger partial charge in [0.15, 0.2) is 11.5 Å². The third-order valence-corrected chi connectivity index (χ3v) is 6.91. The fourth-order valence-corrected chi connectivity index (χ4v) is 5.08. The standard InChI is InChI=1S/C20H16N2O4S2/c21-13-15-3-6-18(7-4-15)28(23,24)22(14-17-2-1-11-27-17)16-5-8-19-20(12-16)26-10-9-25-19/h1-8,11-12H,9-10,14H2. The predicted molar refractivity (Wildman–Crippen MR) is 106 cm³/mol. The smallest absolute Gasteiger partial charge is 0.264 e. The molecule has 2 aromatic carbocycles. The highest BCUT2D eigenvalue weighted by atomic mass is 32.2. The predicted octanol–water partition coefficient (Wildman–Crippen LogP) is 3.79. The zero-order chi connectivity index (χ0) is 19.6. The van der Waals surface area contributed by atoms with Crippen LogP contribution in [-0.2, 0) is 16.6 Å². The summed E-state index contributed by atoms with van der Waals surface area (Å²) in [5, 5.41) is 10.9. The fourth-order valence-electron chi connectivity index (χ4n) is 2.87. The molecule has 0 spiro atoms. The van der Waals surface area contributed by atoms with E-state index in [-0.39, 0.29) is 11.4 Å². The van der Waals surface area contributed by atoms with Gasteiger partial charge in [0.25, 0.3) is 10.0 Å². The minimum absolute atomic E-state index is 0.123. The molecule has 0 radical (unpaired) electrons. The first-order chi connectivity index (χ1) is 13.6. The number of rotatable bonds is 5. The molecular formula is C20H16N2O4S2. The lowest BCUT2D eigenvalue weighted by Crippen LogP contribution is -2.30. The number of nitrogens with zero attached hydrogens (tertiary/aromatic N) is 2. The zero-order valence-electron chi connectivity index (χ0n) is 14.7. The lowest BCUT2D eigenvalue weighted by molar-refractivity contribution is 0.171. The van der Waals surface area contributed by atoms with E-state index in [1.807, 2.05) is 23.6 Å². The van der Waals surface area contributed by atoms with Gasteiger partial charge >= 0.3 is 0 Å². The Morgan fingerprint density at radius 2 is 1.79 bits per heavy atom. The molecule has 0 amide bonds. The zero-order valence-corrected chi connectivity index (χ0v) is 16.4. The molecule has 0 saturated heterocycles. The van der Waals surface area contributed by atoms with Gasteiger partial charge < -0.3 is 9.47 Å². The van der Waals surface area contributed by atoms with Crippen LogP contribution in [0.5, 0.6) is 11.5 Å². The molecular weight excluding hydrogens is 396 g/mol. The Morgan fingerprint density at radius 3 is 2.46 bits per heavy atom. The second-order valence-corrected chi connectivity index (χ2v) is 8.95. The summed E-state index contributed by atoms with van der Waals surface area (Å²) in [5.74, 6) is 1.12. The topological polar surface area (TPSA) is 79.6 Å². The highest BCUT2D eigenvalue weighted by molar-refractivity contribution is 7.92. The average molecular weight is 412 g/mol. The van der Waals surface area contributed by atoms with Crippen LogP contribution in [-0.4, -0.2) is 21.6 Å². The van der Waals surface area contributed by atoms with Crippen molar-refractivity contribution in [2.45, 2.75) is 11.4 Å². The number of hydrogen-bond donors (Lipinski definition) is 0. The summed E-state index contributed by atoms with van der Waals surface area (Å²) >= 11 is 1.49. The molecule has 1 aliphatic rings. The van der Waals surface area contributed by atoms with Gasteiger partial charge in [-0.25, -0.2) is 8.42 Å². The molecule has 0 bridgehead atoms. The summed E-state index contributed by atoms with van der Waals surface area (Å²) in [5.41, 5.74) is 0.894. The molecule has 0 aliphatic carbocycles. The first kappa shape index (κ1) is 18.3. The van der Waals surface area contributed by atoms with Gasteiger partial charge in [-0.05, 0) is 47.8 Å². The molecule has 0 saturated carbocycles. The molecule has 3 aromatic rings. The summed E-state index contributed by atoms with van der Waals surface area (Å²) in [7, 11) is -3.85. The highest BCUT2D eigenvalue weighted by Crippen LogP contribution is 2.36. The van der Waals surface area contributed by atoms with Crippen molar-refractivity contribution >= 4 is 27.0 Å². The van der Waals surface area contributed by atoms with E-state index in [1.54, 1.807) is 18.2 Å². The lowest BCUT2D eigenvalue weighted by Gasteiger charge is -2.26. The SMILES string of the molecule is N#Cc1ccc(S(=O)(=O)N(Cc2cccs2)c2ccc3c(c2)OCCO3)cc1. The van der Waals surface area contributed by atoms with Gasteiger partial charge in [-0.1, -0.05) is 6.07 Å². The van der Waals surface area contributed by atoms with Crippen LogP contribution in [0.15, 0.2) is 64.9 Å². The van der Waals surface area contributed by atoms with E-state index in [0.717, 1.165) is 4.88 Å². The van der Waals surface area contributed by atoms with Crippen LogP contribution in [0.2, 0.25) is 0 Å². The molecule has 1 aliphatic heterocycles. The van der Waals surface area contributed by atoms with Crippen molar-refractivity contribution in [1.29, 1.82) is 5.26 Å². The van der Waals surface area contributed by atoms with Gasteiger partial charge in [-0.3, -0.25) is 4.31 Å². The maximum atomic E-state index is 13.4. The normalized spacial score (nSPS) is 13.0. The maximum Gasteiger partial charge on any atom is 0.264 e. The van der Waals surface area contributed by atoms with Crippen LogP contribution in [0.25, 0.3) is 0 Å². The Bertz CT molecular complexity index is 1120. The Hall–Kier alpha value is -3.02. The summed E-state index contributed by atoms with van der Waals surface area (Å²) in [6, 6.07) is 16.8. The van der Waals surface area contributed by atoms with Crippen molar-refractivity contribution in [2.75, 3.05) is 17.5 Å². The Labute approximate surface area is 167 Å². The molecule has 0 unspecified atom stereocenters. The number of benzene rings is 2. The van der Waals surface area contributed by atoms with Crippen LogP contribution < -0.4 is 13.8 Å². The largest absolute Gasteiger partial charge is 0.486 e. The molecule has 8 heteroatoms. The van der Waals surface area contributed by atoms with E-state index >= 15 is 0 Å². The lowest BCUT2D eigenvalue weighted by atomic mass is 10.2. The maximum absolute atomic E-state index is 13.4. The van der Waals surface area contributed by atoms with E-state index in [0.29, 0.717) is 36.0 Å². The summed E-state index contributed by atoms with van der Waals surface area (Å²) < 4.78 is 39.3. The summed E-state index contributed by atoms with van der Waals surface area (Å²) in [4.78, 5) is 1.03. The van der Waals surface area contributed by atoms with E-state index in [1.165, 1.54) is 39.9 Å². The molecule has 142 valence electrons. The van der Waals surface area contributed by atoms with Crippen molar-refractivity contribution in [3.63, 3.8) is 0 Å². The first-order valence-electron chi connectivity index (χ1n) is 8.53. The van der Waals surface area contributed by atoms with E-state index in [4.69, 9.17) is 14.7 Å². The van der Waals surface area contributed by atoms with Gasteiger partial charge in [0.1, 0.15) is 13.2 Å². The minimum Gasteiger partial charge on any atom is -0.486 e. The van der Waals surface area contributed by atoms with Gasteiger partial charge in [-0.2, -0.15) is 5.26 Å². The molecule has 28 heavy (non-hydrogen) atoms. The first-order valence-corrected chi connectivity index (χ1v) is 10.8. The van der Waals surface area contributed by atoms with Gasteiger partial charge in [-0.15, -0.1) is 11.3 Å². The Balaban J connectivity index is 1.77. The fraction of sp³-hybridized carbons (Fsp3) is 0.150. The molecule has 2 heterocycles. The van der Waals surface area contributed by atoms with Crippen molar-refractivity contribution in [2.24, 2.45) is 0 Å². The third kappa shape index (κ3) is 3.54. The molecule has 0 fully saturated rings. The number of nitriles is 1. The van der Waals surface area contributed by atoms with E-state index in [2.05, 4.69) is 0 Å². The number of anilines is 1. The van der Waals surface area contributed by atoms with Crippen LogP contribution in [0.4, 0.5) is 5.69 Å². The van der Waals surface area contributed by atoms with Crippen LogP contribution >= 0.6 is 11.3 Å². The number of hydrogen-bond acceptors (Lipinski definition) is 6. The van der Waals surface area contributed by atoms with Crippen LogP contribution in [0.3, 0.4) is 0 Å². The highest BCUT2D eigenvalue weighted by Gasteiger charge is 2.27. The van der Waals surface area contributed by atoms with Crippen molar-refractivity contribution < 1.29 is 17.9 Å². The van der Waals surface area contributed by atoms with Gasteiger partial charge in [0.05, 0.1) is 28.8 Å². The monoisotopic (exact) mass is 412 g/mol. The molecule has 6 nitrogen and oxygen atoms in total. The van der Waals surface area contributed by atoms with Gasteiger partial charge in [0, 0.05) is 10.9 Å². The van der Waals surface area contributed by atoms with Crippen molar-refractivity contribution in [1.82, 2.24) is 0 Å². The summed E-state index contributed by atoms with van der Waals surface area (Å²) in [6.07, 6.45) is 0. The Kier molecular flexibility index (Phi) is 4.94. The minimum atomic E-state index is -3.85. The molecule has 0 atom stereocenters. The van der Waals surface area contributed by atoms with Crippen molar-refractivity contribution in [3.8, 4) is 17.6 Å². The molecule has 1 aromatic heterocycles. The van der Waals surface area contributed by atoms with Gasteiger partial charge in [0.2, 0.25) is 0 Å². The number of thiophene rings is 1. The average Bonchev–Trinajstić information content (AvgIpc) is 3.25. The summed E-state index contributed by atoms with van der Waals surface area (Å²) in [6.45, 7) is 1.08. The van der Waals surface area contributed by atoms with E-state index < -0.39 is 10.0 Å². The Morgan fingerprint density at radius 1 is 1.04 bits per heavy atom. The molecule has 0 N–H and O–H groups in total. The second kappa shape index (κ2) is 7.54. The van der Waals surface area contributed by atoms with Crippen LogP contribution in [0.1, 0.15) is 10.4 Å². The number of fused-ring (bicyclic) bond motifs is 1. The number of ether oxygens (including phenoxy) is 2. The molecule has 4 rings (SSSR count). The third-order valence-electron chi connectivity index (χ3n) is 4.26. The second-order valence-electron chi connectivity index (χ2n) is 6.06. The quantitative estimate of drug-likeness (QED) is 0.637. The van der Waals surface area contributed by atoms with Crippen molar-refractivity contribution in [3.05, 3.63) is 70.4 Å². The number of sulfonamides is 1. The van der Waals surface area contributed by atoms with E-state index in [9.17, 15) is 8.42 Å². The van der Waals surface area contributed by atoms with Crippen LogP contribution in [0, 0.1) is 11.3 Å².